The van der Waals surface area contributed by atoms with Crippen LogP contribution >= 0.6 is 12.2 Å². The van der Waals surface area contributed by atoms with Gasteiger partial charge in [0.1, 0.15) is 11.3 Å². The molecule has 4 nitrogen and oxygen atoms in total. The summed E-state index contributed by atoms with van der Waals surface area (Å²) >= 11 is 5.23. The summed E-state index contributed by atoms with van der Waals surface area (Å²) in [5, 5.41) is 4.11. The molecule has 0 aliphatic rings. The minimum absolute atomic E-state index is 0.288. The molecular formula is C12H11FN4S. The molecule has 0 saturated carbocycles. The topological polar surface area (TPSA) is 38.5 Å². The van der Waals surface area contributed by atoms with Crippen molar-refractivity contribution < 1.29 is 4.39 Å². The van der Waals surface area contributed by atoms with Crippen molar-refractivity contribution in [1.82, 2.24) is 19.3 Å². The maximum absolute atomic E-state index is 13.6. The highest BCUT2D eigenvalue weighted by molar-refractivity contribution is 7.71. The van der Waals surface area contributed by atoms with Crippen LogP contribution in [0.4, 0.5) is 4.39 Å². The summed E-state index contributed by atoms with van der Waals surface area (Å²) in [6.45, 7) is 0.579. The average Bonchev–Trinajstić information content (AvgIpc) is 2.87. The van der Waals surface area contributed by atoms with Crippen molar-refractivity contribution in [1.29, 1.82) is 0 Å². The first-order valence-corrected chi connectivity index (χ1v) is 5.90. The molecule has 0 saturated heterocycles. The Kier molecular flexibility index (Phi) is 2.52. The van der Waals surface area contributed by atoms with E-state index >= 15 is 0 Å². The molecular weight excluding hydrogens is 251 g/mol. The Balaban J connectivity index is 2.14. The van der Waals surface area contributed by atoms with Gasteiger partial charge >= 0.3 is 0 Å². The van der Waals surface area contributed by atoms with Crippen LogP contribution in [0.2, 0.25) is 0 Å². The number of halogens is 1. The summed E-state index contributed by atoms with van der Waals surface area (Å²) in [5.41, 5.74) is 2.24. The number of rotatable bonds is 2. The zero-order chi connectivity index (χ0) is 12.7. The highest BCUT2D eigenvalue weighted by Crippen LogP contribution is 2.18. The molecule has 0 aliphatic carbocycles. The Morgan fingerprint density at radius 3 is 3.00 bits per heavy atom. The van der Waals surface area contributed by atoms with E-state index in [2.05, 4.69) is 10.1 Å². The summed E-state index contributed by atoms with van der Waals surface area (Å²) in [6, 6.07) is 4.95. The number of fused-ring (bicyclic) bond motifs is 1. The number of hydrogen-bond acceptors (Lipinski definition) is 2. The van der Waals surface area contributed by atoms with Gasteiger partial charge in [-0.15, -0.1) is 0 Å². The Labute approximate surface area is 108 Å². The number of imidazole rings is 1. The first-order chi connectivity index (χ1) is 8.65. The van der Waals surface area contributed by atoms with Crippen molar-refractivity contribution in [3.05, 3.63) is 46.7 Å². The summed E-state index contributed by atoms with van der Waals surface area (Å²) in [4.78, 5) is 2.90. The van der Waals surface area contributed by atoms with Crippen LogP contribution < -0.4 is 0 Å². The molecule has 0 amide bonds. The van der Waals surface area contributed by atoms with E-state index in [0.29, 0.717) is 16.8 Å². The molecule has 1 N–H and O–H groups in total. The third kappa shape index (κ3) is 1.74. The Bertz CT molecular complexity index is 768. The minimum Gasteiger partial charge on any atom is -0.328 e. The molecule has 2 aromatic heterocycles. The molecule has 3 rings (SSSR count). The maximum atomic E-state index is 13.6. The number of aromatic nitrogens is 4. The second-order valence-corrected chi connectivity index (χ2v) is 4.56. The fourth-order valence-corrected chi connectivity index (χ4v) is 2.30. The van der Waals surface area contributed by atoms with Gasteiger partial charge in [-0.1, -0.05) is 6.07 Å². The number of nitrogens with one attached hydrogen (secondary N) is 1. The van der Waals surface area contributed by atoms with E-state index in [9.17, 15) is 4.39 Å². The molecule has 0 fully saturated rings. The lowest BCUT2D eigenvalue weighted by Crippen LogP contribution is -1.98. The van der Waals surface area contributed by atoms with Crippen molar-refractivity contribution in [2.45, 2.75) is 6.54 Å². The molecule has 0 bridgehead atoms. The molecule has 0 spiro atoms. The van der Waals surface area contributed by atoms with Crippen molar-refractivity contribution >= 4 is 23.3 Å². The van der Waals surface area contributed by atoms with Gasteiger partial charge in [0.05, 0.1) is 18.3 Å². The predicted octanol–water partition coefficient (Wildman–Crippen LogP) is 2.62. The van der Waals surface area contributed by atoms with Crippen LogP contribution in [0.3, 0.4) is 0 Å². The van der Waals surface area contributed by atoms with Gasteiger partial charge < -0.3 is 9.55 Å². The molecule has 1 aromatic carbocycles. The lowest BCUT2D eigenvalue weighted by Gasteiger charge is -2.01. The van der Waals surface area contributed by atoms with E-state index in [4.69, 9.17) is 12.2 Å². The van der Waals surface area contributed by atoms with Gasteiger partial charge in [0.2, 0.25) is 0 Å². The highest BCUT2D eigenvalue weighted by atomic mass is 32.1. The van der Waals surface area contributed by atoms with Gasteiger partial charge in [0.25, 0.3) is 0 Å². The van der Waals surface area contributed by atoms with E-state index in [1.165, 1.54) is 6.07 Å². The number of hydrogen-bond donors (Lipinski definition) is 1. The van der Waals surface area contributed by atoms with Crippen LogP contribution in [0.5, 0.6) is 0 Å². The number of para-hydroxylation sites is 1. The van der Waals surface area contributed by atoms with Crippen LogP contribution in [-0.2, 0) is 13.6 Å². The molecule has 0 atom stereocenters. The average molecular weight is 262 g/mol. The first-order valence-electron chi connectivity index (χ1n) is 5.50. The van der Waals surface area contributed by atoms with Crippen molar-refractivity contribution in [2.75, 3.05) is 0 Å². The van der Waals surface area contributed by atoms with Gasteiger partial charge in [-0.2, -0.15) is 5.10 Å². The first kappa shape index (κ1) is 11.2. The maximum Gasteiger partial charge on any atom is 0.178 e. The molecule has 0 aliphatic heterocycles. The van der Waals surface area contributed by atoms with Crippen molar-refractivity contribution in [3.63, 3.8) is 0 Å². The van der Waals surface area contributed by atoms with Crippen LogP contribution in [0, 0.1) is 10.6 Å². The minimum atomic E-state index is -0.288. The van der Waals surface area contributed by atoms with Crippen LogP contribution in [0.15, 0.2) is 30.6 Å². The largest absolute Gasteiger partial charge is 0.328 e. The second kappa shape index (κ2) is 4.06. The molecule has 0 radical (unpaired) electrons. The number of nitrogens with zero attached hydrogens (tertiary/aromatic N) is 3. The lowest BCUT2D eigenvalue weighted by molar-refractivity contribution is 0.637. The molecule has 18 heavy (non-hydrogen) atoms. The number of aryl methyl sites for hydroxylation is 1. The van der Waals surface area contributed by atoms with Gasteiger partial charge in [-0.05, 0) is 24.4 Å². The van der Waals surface area contributed by atoms with Crippen LogP contribution in [-0.4, -0.2) is 19.3 Å². The standard InChI is InChI=1S/C12H11FN4S/c1-16-6-8(5-14-16)7-17-10-4-2-3-9(13)11(10)15-12(17)18/h2-6H,7H2,1H3,(H,15,18). The summed E-state index contributed by atoms with van der Waals surface area (Å²) < 4.78 is 17.7. The molecule has 0 unspecified atom stereocenters. The fraction of sp³-hybridized carbons (Fsp3) is 0.167. The van der Waals surface area contributed by atoms with Gasteiger partial charge in [-0.25, -0.2) is 4.39 Å². The van der Waals surface area contributed by atoms with E-state index in [0.717, 1.165) is 11.1 Å². The van der Waals surface area contributed by atoms with Gasteiger partial charge in [-0.3, -0.25) is 4.68 Å². The third-order valence-electron chi connectivity index (χ3n) is 2.86. The third-order valence-corrected chi connectivity index (χ3v) is 3.18. The van der Waals surface area contributed by atoms with E-state index in [1.54, 1.807) is 16.9 Å². The Morgan fingerprint density at radius 1 is 1.44 bits per heavy atom. The zero-order valence-corrected chi connectivity index (χ0v) is 10.5. The van der Waals surface area contributed by atoms with E-state index < -0.39 is 0 Å². The summed E-state index contributed by atoms with van der Waals surface area (Å²) in [5.74, 6) is -0.288. The van der Waals surface area contributed by atoms with Crippen LogP contribution in [0.1, 0.15) is 5.56 Å². The van der Waals surface area contributed by atoms with Crippen molar-refractivity contribution in [3.8, 4) is 0 Å². The van der Waals surface area contributed by atoms with Gasteiger partial charge in [0.15, 0.2) is 4.77 Å². The fourth-order valence-electron chi connectivity index (χ4n) is 2.04. The Morgan fingerprint density at radius 2 is 2.28 bits per heavy atom. The monoisotopic (exact) mass is 262 g/mol. The summed E-state index contributed by atoms with van der Waals surface area (Å²) in [7, 11) is 1.86. The number of aromatic amines is 1. The zero-order valence-electron chi connectivity index (χ0n) is 9.72. The Hall–Kier alpha value is -1.95. The highest BCUT2D eigenvalue weighted by Gasteiger charge is 2.09. The van der Waals surface area contributed by atoms with Crippen LogP contribution in [0.25, 0.3) is 11.0 Å². The molecule has 2 heterocycles. The second-order valence-electron chi connectivity index (χ2n) is 4.17. The smallest absolute Gasteiger partial charge is 0.178 e. The predicted molar refractivity (Wildman–Crippen MR) is 69.4 cm³/mol. The number of benzene rings is 1. The van der Waals surface area contributed by atoms with E-state index in [1.807, 2.05) is 23.9 Å². The SMILES string of the molecule is Cn1cc(Cn2c(=S)[nH]c3c(F)cccc32)cn1. The lowest BCUT2D eigenvalue weighted by atomic mass is 10.3. The van der Waals surface area contributed by atoms with Gasteiger partial charge in [0, 0.05) is 18.8 Å². The summed E-state index contributed by atoms with van der Waals surface area (Å²) in [6.07, 6.45) is 3.69. The quantitative estimate of drug-likeness (QED) is 0.721. The van der Waals surface area contributed by atoms with E-state index in [-0.39, 0.29) is 5.82 Å². The number of H-pyrrole nitrogens is 1. The molecule has 6 heteroatoms. The molecule has 92 valence electrons. The normalized spacial score (nSPS) is 11.2. The molecule has 3 aromatic rings. The van der Waals surface area contributed by atoms with Crippen molar-refractivity contribution in [2.24, 2.45) is 7.05 Å².